The number of aliphatic hydroxyl groups excluding tert-OH is 1. The Hall–Kier alpha value is -1.45. The van der Waals surface area contributed by atoms with Crippen LogP contribution < -0.4 is 0 Å². The van der Waals surface area contributed by atoms with Crippen LogP contribution in [-0.2, 0) is 6.42 Å². The average molecular weight is 235 g/mol. The van der Waals surface area contributed by atoms with Crippen molar-refractivity contribution in [3.63, 3.8) is 0 Å². The van der Waals surface area contributed by atoms with Crippen LogP contribution >= 0.6 is 11.6 Å². The second-order valence-corrected chi connectivity index (χ2v) is 3.89. The number of rotatable bonds is 3. The molecule has 0 aliphatic carbocycles. The van der Waals surface area contributed by atoms with Gasteiger partial charge < -0.3 is 5.11 Å². The fraction of sp³-hybridized carbons (Fsp3) is 0.167. The van der Waals surface area contributed by atoms with Crippen molar-refractivity contribution in [2.45, 2.75) is 12.5 Å². The molecule has 2 rings (SSSR count). The summed E-state index contributed by atoms with van der Waals surface area (Å²) in [5.74, 6) is 0.442. The molecule has 0 radical (unpaired) electrons. The summed E-state index contributed by atoms with van der Waals surface area (Å²) < 4.78 is 0. The molecule has 4 heteroatoms. The first-order chi connectivity index (χ1) is 7.75. The molecule has 0 bridgehead atoms. The molecular formula is C12H11ClN2O. The van der Waals surface area contributed by atoms with Crippen LogP contribution in [0.1, 0.15) is 17.5 Å². The minimum atomic E-state index is -0.678. The van der Waals surface area contributed by atoms with Crippen molar-refractivity contribution in [3.05, 3.63) is 59.1 Å². The van der Waals surface area contributed by atoms with Crippen molar-refractivity contribution >= 4 is 11.6 Å². The van der Waals surface area contributed by atoms with E-state index in [4.69, 9.17) is 11.6 Å². The quantitative estimate of drug-likeness (QED) is 0.887. The van der Waals surface area contributed by atoms with E-state index < -0.39 is 6.10 Å². The molecule has 1 aromatic heterocycles. The van der Waals surface area contributed by atoms with Gasteiger partial charge >= 0.3 is 0 Å². The van der Waals surface area contributed by atoms with Gasteiger partial charge in [-0.15, -0.1) is 0 Å². The molecule has 2 aromatic rings. The highest BCUT2D eigenvalue weighted by atomic mass is 35.5. The summed E-state index contributed by atoms with van der Waals surface area (Å²) in [6.45, 7) is 0. The van der Waals surface area contributed by atoms with E-state index in [1.165, 1.54) is 0 Å². The Morgan fingerprint density at radius 3 is 2.38 bits per heavy atom. The summed E-state index contributed by atoms with van der Waals surface area (Å²) in [5.41, 5.74) is 1.00. The van der Waals surface area contributed by atoms with E-state index in [1.807, 2.05) is 12.1 Å². The zero-order chi connectivity index (χ0) is 11.4. The van der Waals surface area contributed by atoms with E-state index in [1.54, 1.807) is 30.6 Å². The minimum absolute atomic E-state index is 0.442. The molecule has 0 aliphatic heterocycles. The maximum Gasteiger partial charge on any atom is 0.157 e. The van der Waals surface area contributed by atoms with Crippen molar-refractivity contribution in [2.24, 2.45) is 0 Å². The predicted molar refractivity (Wildman–Crippen MR) is 62.1 cm³/mol. The number of hydrogen-bond acceptors (Lipinski definition) is 3. The van der Waals surface area contributed by atoms with E-state index in [2.05, 4.69) is 9.97 Å². The zero-order valence-electron chi connectivity index (χ0n) is 8.55. The highest BCUT2D eigenvalue weighted by Crippen LogP contribution is 2.16. The number of aliphatic hydroxyl groups is 1. The van der Waals surface area contributed by atoms with Crippen LogP contribution in [0.5, 0.6) is 0 Å². The Morgan fingerprint density at radius 2 is 1.75 bits per heavy atom. The summed E-state index contributed by atoms with van der Waals surface area (Å²) in [6.07, 6.45) is 3.05. The van der Waals surface area contributed by atoms with Crippen LogP contribution in [0, 0.1) is 0 Å². The highest BCUT2D eigenvalue weighted by Gasteiger charge is 2.10. The van der Waals surface area contributed by atoms with Gasteiger partial charge in [0.25, 0.3) is 0 Å². The van der Waals surface area contributed by atoms with Gasteiger partial charge in [0, 0.05) is 23.8 Å². The van der Waals surface area contributed by atoms with E-state index in [0.717, 1.165) is 5.56 Å². The summed E-state index contributed by atoms with van der Waals surface area (Å²) in [5, 5.41) is 10.6. The Morgan fingerprint density at radius 1 is 1.12 bits per heavy atom. The van der Waals surface area contributed by atoms with Gasteiger partial charge in [-0.3, -0.25) is 0 Å². The second-order valence-electron chi connectivity index (χ2n) is 3.45. The monoisotopic (exact) mass is 234 g/mol. The number of hydrogen-bond donors (Lipinski definition) is 1. The van der Waals surface area contributed by atoms with Gasteiger partial charge in [-0.25, -0.2) is 9.97 Å². The Kier molecular flexibility index (Phi) is 3.49. The average Bonchev–Trinajstić information content (AvgIpc) is 2.33. The number of nitrogens with zero attached hydrogens (tertiary/aromatic N) is 2. The third kappa shape index (κ3) is 2.78. The summed E-state index contributed by atoms with van der Waals surface area (Å²) in [7, 11) is 0. The minimum Gasteiger partial charge on any atom is -0.385 e. The predicted octanol–water partition coefficient (Wildman–Crippen LogP) is 2.41. The Balaban J connectivity index is 2.08. The first kappa shape index (κ1) is 11.0. The third-order valence-corrected chi connectivity index (χ3v) is 2.48. The maximum atomic E-state index is 9.89. The van der Waals surface area contributed by atoms with Gasteiger partial charge in [0.2, 0.25) is 0 Å². The second kappa shape index (κ2) is 5.05. The lowest BCUT2D eigenvalue weighted by atomic mass is 10.1. The van der Waals surface area contributed by atoms with E-state index >= 15 is 0 Å². The van der Waals surface area contributed by atoms with Crippen molar-refractivity contribution in [2.75, 3.05) is 0 Å². The van der Waals surface area contributed by atoms with Crippen molar-refractivity contribution in [1.29, 1.82) is 0 Å². The van der Waals surface area contributed by atoms with Crippen LogP contribution in [0.15, 0.2) is 42.7 Å². The molecule has 0 aliphatic rings. The number of benzene rings is 1. The molecule has 16 heavy (non-hydrogen) atoms. The summed E-state index contributed by atoms with van der Waals surface area (Å²) in [4.78, 5) is 8.01. The molecule has 1 heterocycles. The number of halogens is 1. The van der Waals surface area contributed by atoms with Crippen LogP contribution in [0.4, 0.5) is 0 Å². The molecule has 1 unspecified atom stereocenters. The molecular weight excluding hydrogens is 224 g/mol. The molecule has 1 aromatic carbocycles. The molecule has 1 N–H and O–H groups in total. The van der Waals surface area contributed by atoms with Crippen LogP contribution in [-0.4, -0.2) is 15.1 Å². The molecule has 0 saturated heterocycles. The summed E-state index contributed by atoms with van der Waals surface area (Å²) in [6, 6.07) is 9.09. The van der Waals surface area contributed by atoms with E-state index in [9.17, 15) is 5.11 Å². The normalized spacial score (nSPS) is 12.4. The smallest absolute Gasteiger partial charge is 0.157 e. The first-order valence-corrected chi connectivity index (χ1v) is 5.33. The van der Waals surface area contributed by atoms with Gasteiger partial charge in [0.05, 0.1) is 0 Å². The van der Waals surface area contributed by atoms with Crippen molar-refractivity contribution in [3.8, 4) is 0 Å². The SMILES string of the molecule is OC(Cc1ccc(Cl)cc1)c1ncccn1. The van der Waals surface area contributed by atoms with Crippen molar-refractivity contribution < 1.29 is 5.11 Å². The molecule has 0 fully saturated rings. The fourth-order valence-electron chi connectivity index (χ4n) is 1.42. The molecule has 0 amide bonds. The lowest BCUT2D eigenvalue weighted by Gasteiger charge is -2.08. The molecule has 82 valence electrons. The molecule has 3 nitrogen and oxygen atoms in total. The van der Waals surface area contributed by atoms with E-state index in [0.29, 0.717) is 17.3 Å². The zero-order valence-corrected chi connectivity index (χ0v) is 9.30. The van der Waals surface area contributed by atoms with Gasteiger partial charge in [0.15, 0.2) is 5.82 Å². The largest absolute Gasteiger partial charge is 0.385 e. The van der Waals surface area contributed by atoms with Crippen molar-refractivity contribution in [1.82, 2.24) is 9.97 Å². The van der Waals surface area contributed by atoms with Crippen LogP contribution in [0.3, 0.4) is 0 Å². The van der Waals surface area contributed by atoms with Gasteiger partial charge in [-0.05, 0) is 23.8 Å². The Labute approximate surface area is 98.8 Å². The topological polar surface area (TPSA) is 46.0 Å². The molecule has 0 saturated carbocycles. The lowest BCUT2D eigenvalue weighted by molar-refractivity contribution is 0.168. The highest BCUT2D eigenvalue weighted by molar-refractivity contribution is 6.30. The first-order valence-electron chi connectivity index (χ1n) is 4.95. The van der Waals surface area contributed by atoms with E-state index in [-0.39, 0.29) is 0 Å². The third-order valence-electron chi connectivity index (χ3n) is 2.23. The van der Waals surface area contributed by atoms with Gasteiger partial charge in [0.1, 0.15) is 6.10 Å². The summed E-state index contributed by atoms with van der Waals surface area (Å²) >= 11 is 5.78. The van der Waals surface area contributed by atoms with Crippen LogP contribution in [0.25, 0.3) is 0 Å². The van der Waals surface area contributed by atoms with Gasteiger partial charge in [-0.1, -0.05) is 23.7 Å². The fourth-order valence-corrected chi connectivity index (χ4v) is 1.54. The van der Waals surface area contributed by atoms with Crippen LogP contribution in [0.2, 0.25) is 5.02 Å². The molecule has 1 atom stereocenters. The lowest BCUT2D eigenvalue weighted by Crippen LogP contribution is -2.05. The Bertz CT molecular complexity index is 444. The standard InChI is InChI=1S/C12H11ClN2O/c13-10-4-2-9(3-5-10)8-11(16)12-14-6-1-7-15-12/h1-7,11,16H,8H2. The van der Waals surface area contributed by atoms with Gasteiger partial charge in [-0.2, -0.15) is 0 Å². The number of aromatic nitrogens is 2. The maximum absolute atomic E-state index is 9.89. The molecule has 0 spiro atoms.